The van der Waals surface area contributed by atoms with E-state index >= 15 is 0 Å². The molecule has 1 saturated carbocycles. The molecule has 2 atom stereocenters. The third kappa shape index (κ3) is 4.87. The molecular weight excluding hydrogens is 296 g/mol. The fourth-order valence-electron chi connectivity index (χ4n) is 2.91. The maximum atomic E-state index is 12.4. The van der Waals surface area contributed by atoms with Crippen LogP contribution in [-0.2, 0) is 4.79 Å². The van der Waals surface area contributed by atoms with Gasteiger partial charge in [-0.2, -0.15) is 0 Å². The molecule has 1 aliphatic rings. The van der Waals surface area contributed by atoms with Crippen molar-refractivity contribution >= 4 is 11.8 Å². The number of carbonyl (C=O) groups excluding carboxylic acids is 2. The van der Waals surface area contributed by atoms with Gasteiger partial charge in [-0.1, -0.05) is 19.8 Å². The summed E-state index contributed by atoms with van der Waals surface area (Å²) in [5.74, 6) is 0.738. The summed E-state index contributed by atoms with van der Waals surface area (Å²) < 4.78 is 10.5. The molecule has 6 heteroatoms. The summed E-state index contributed by atoms with van der Waals surface area (Å²) in [7, 11) is 1.48. The minimum absolute atomic E-state index is 0.121. The monoisotopic (exact) mass is 320 g/mol. The predicted molar refractivity (Wildman–Crippen MR) is 86.6 cm³/mol. The van der Waals surface area contributed by atoms with E-state index in [0.717, 1.165) is 19.3 Å². The molecule has 0 saturated heterocycles. The van der Waals surface area contributed by atoms with Crippen LogP contribution in [0, 0.1) is 5.92 Å². The van der Waals surface area contributed by atoms with Crippen molar-refractivity contribution in [2.75, 3.05) is 13.7 Å². The van der Waals surface area contributed by atoms with Crippen molar-refractivity contribution in [1.82, 2.24) is 5.32 Å². The minimum atomic E-state index is -0.569. The van der Waals surface area contributed by atoms with E-state index in [4.69, 9.17) is 15.2 Å². The average Bonchev–Trinajstić information content (AvgIpc) is 2.52. The second kappa shape index (κ2) is 7.85. The van der Waals surface area contributed by atoms with Crippen molar-refractivity contribution in [3.8, 4) is 11.5 Å². The van der Waals surface area contributed by atoms with Gasteiger partial charge in [0, 0.05) is 11.6 Å². The Balaban J connectivity index is 2.03. The molecule has 3 N–H and O–H groups in total. The van der Waals surface area contributed by atoms with Gasteiger partial charge < -0.3 is 20.5 Å². The van der Waals surface area contributed by atoms with Crippen LogP contribution in [0.2, 0.25) is 0 Å². The van der Waals surface area contributed by atoms with E-state index in [1.54, 1.807) is 18.2 Å². The van der Waals surface area contributed by atoms with E-state index in [0.29, 0.717) is 23.0 Å². The van der Waals surface area contributed by atoms with Gasteiger partial charge in [0.05, 0.1) is 7.11 Å². The molecule has 2 amide bonds. The lowest BCUT2D eigenvalue weighted by atomic mass is 9.87. The number of rotatable bonds is 6. The zero-order chi connectivity index (χ0) is 16.8. The van der Waals surface area contributed by atoms with Gasteiger partial charge in [0.25, 0.3) is 11.8 Å². The third-order valence-corrected chi connectivity index (χ3v) is 4.07. The topological polar surface area (TPSA) is 90.7 Å². The van der Waals surface area contributed by atoms with E-state index in [1.807, 2.05) is 0 Å². The standard InChI is InChI=1S/C17H24N2O4/c1-11-4-3-5-13(8-11)19-17(21)12-6-7-14(15(9-12)22-2)23-10-16(18)20/h6-7,9,11,13H,3-5,8,10H2,1-2H3,(H2,18,20)(H,19,21). The van der Waals surface area contributed by atoms with Crippen molar-refractivity contribution in [1.29, 1.82) is 0 Å². The van der Waals surface area contributed by atoms with E-state index < -0.39 is 5.91 Å². The van der Waals surface area contributed by atoms with Gasteiger partial charge in [0.2, 0.25) is 0 Å². The Morgan fingerprint density at radius 2 is 2.09 bits per heavy atom. The average molecular weight is 320 g/mol. The Morgan fingerprint density at radius 1 is 1.30 bits per heavy atom. The summed E-state index contributed by atoms with van der Waals surface area (Å²) >= 11 is 0. The van der Waals surface area contributed by atoms with Crippen LogP contribution in [0.5, 0.6) is 11.5 Å². The highest BCUT2D eigenvalue weighted by molar-refractivity contribution is 5.95. The fraction of sp³-hybridized carbons (Fsp3) is 0.529. The summed E-state index contributed by atoms with van der Waals surface area (Å²) in [6.45, 7) is 1.98. The van der Waals surface area contributed by atoms with Gasteiger partial charge >= 0.3 is 0 Å². The lowest BCUT2D eigenvalue weighted by Gasteiger charge is -2.27. The third-order valence-electron chi connectivity index (χ3n) is 4.07. The quantitative estimate of drug-likeness (QED) is 0.837. The molecule has 0 heterocycles. The first-order valence-corrected chi connectivity index (χ1v) is 7.89. The molecule has 1 aromatic carbocycles. The summed E-state index contributed by atoms with van der Waals surface area (Å²) in [6, 6.07) is 5.10. The molecular formula is C17H24N2O4. The minimum Gasteiger partial charge on any atom is -0.493 e. The lowest BCUT2D eigenvalue weighted by molar-refractivity contribution is -0.119. The fourth-order valence-corrected chi connectivity index (χ4v) is 2.91. The van der Waals surface area contributed by atoms with E-state index in [-0.39, 0.29) is 18.6 Å². The van der Waals surface area contributed by atoms with Crippen molar-refractivity contribution in [2.24, 2.45) is 11.7 Å². The van der Waals surface area contributed by atoms with Crippen LogP contribution in [0.25, 0.3) is 0 Å². The molecule has 126 valence electrons. The molecule has 0 aromatic heterocycles. The largest absolute Gasteiger partial charge is 0.493 e. The molecule has 23 heavy (non-hydrogen) atoms. The van der Waals surface area contributed by atoms with Gasteiger partial charge in [0.15, 0.2) is 18.1 Å². The number of hydrogen-bond acceptors (Lipinski definition) is 4. The van der Waals surface area contributed by atoms with Crippen LogP contribution in [-0.4, -0.2) is 31.6 Å². The maximum absolute atomic E-state index is 12.4. The zero-order valence-corrected chi connectivity index (χ0v) is 13.6. The molecule has 1 aromatic rings. The van der Waals surface area contributed by atoms with Gasteiger partial charge in [-0.25, -0.2) is 0 Å². The number of nitrogens with two attached hydrogens (primary N) is 1. The summed E-state index contributed by atoms with van der Waals surface area (Å²) in [5, 5.41) is 3.08. The number of carbonyl (C=O) groups is 2. The van der Waals surface area contributed by atoms with Gasteiger partial charge in [-0.15, -0.1) is 0 Å². The smallest absolute Gasteiger partial charge is 0.255 e. The van der Waals surface area contributed by atoms with Crippen molar-refractivity contribution in [3.05, 3.63) is 23.8 Å². The highest BCUT2D eigenvalue weighted by Crippen LogP contribution is 2.28. The maximum Gasteiger partial charge on any atom is 0.255 e. The van der Waals surface area contributed by atoms with Crippen LogP contribution in [0.1, 0.15) is 43.0 Å². The molecule has 0 radical (unpaired) electrons. The Morgan fingerprint density at radius 3 is 2.74 bits per heavy atom. The Kier molecular flexibility index (Phi) is 5.84. The lowest BCUT2D eigenvalue weighted by Crippen LogP contribution is -2.37. The normalized spacial score (nSPS) is 20.6. The number of nitrogens with one attached hydrogen (secondary N) is 1. The summed E-state index contributed by atoms with van der Waals surface area (Å²) in [6.07, 6.45) is 4.41. The van der Waals surface area contributed by atoms with Crippen LogP contribution >= 0.6 is 0 Å². The number of ether oxygens (including phenoxy) is 2. The zero-order valence-electron chi connectivity index (χ0n) is 13.6. The SMILES string of the molecule is COc1cc(C(=O)NC2CCCC(C)C2)ccc1OCC(N)=O. The first-order valence-electron chi connectivity index (χ1n) is 7.89. The number of methoxy groups -OCH3 is 1. The summed E-state index contributed by atoms with van der Waals surface area (Å²) in [5.41, 5.74) is 5.56. The molecule has 0 aliphatic heterocycles. The van der Waals surface area contributed by atoms with Crippen LogP contribution in [0.4, 0.5) is 0 Å². The van der Waals surface area contributed by atoms with Crippen molar-refractivity contribution < 1.29 is 19.1 Å². The van der Waals surface area contributed by atoms with E-state index in [9.17, 15) is 9.59 Å². The Labute approximate surface area is 136 Å². The first-order chi connectivity index (χ1) is 11.0. The number of hydrogen-bond donors (Lipinski definition) is 2. The van der Waals surface area contributed by atoms with Gasteiger partial charge in [-0.3, -0.25) is 9.59 Å². The highest BCUT2D eigenvalue weighted by atomic mass is 16.5. The Bertz CT molecular complexity index is 574. The first kappa shape index (κ1) is 17.1. The summed E-state index contributed by atoms with van der Waals surface area (Å²) in [4.78, 5) is 23.2. The molecule has 6 nitrogen and oxygen atoms in total. The van der Waals surface area contributed by atoms with Crippen LogP contribution in [0.3, 0.4) is 0 Å². The molecule has 2 unspecified atom stereocenters. The molecule has 1 fully saturated rings. The molecule has 0 bridgehead atoms. The van der Waals surface area contributed by atoms with E-state index in [1.165, 1.54) is 13.5 Å². The van der Waals surface area contributed by atoms with Crippen LogP contribution in [0.15, 0.2) is 18.2 Å². The number of primary amides is 1. The molecule has 0 spiro atoms. The second-order valence-electron chi connectivity index (χ2n) is 6.06. The van der Waals surface area contributed by atoms with Crippen molar-refractivity contribution in [2.45, 2.75) is 38.6 Å². The molecule has 1 aliphatic carbocycles. The molecule has 2 rings (SSSR count). The van der Waals surface area contributed by atoms with Gasteiger partial charge in [0.1, 0.15) is 0 Å². The highest BCUT2D eigenvalue weighted by Gasteiger charge is 2.21. The predicted octanol–water partition coefficient (Wildman–Crippen LogP) is 1.87. The van der Waals surface area contributed by atoms with Crippen molar-refractivity contribution in [3.63, 3.8) is 0 Å². The van der Waals surface area contributed by atoms with E-state index in [2.05, 4.69) is 12.2 Å². The Hall–Kier alpha value is -2.24. The van der Waals surface area contributed by atoms with Gasteiger partial charge in [-0.05, 0) is 37.0 Å². The second-order valence-corrected chi connectivity index (χ2v) is 6.06. The number of amides is 2. The van der Waals surface area contributed by atoms with Crippen LogP contribution < -0.4 is 20.5 Å². The number of benzene rings is 1.